The molecule has 0 bridgehead atoms. The molecule has 0 saturated heterocycles. The molecule has 1 atom stereocenters. The van der Waals surface area contributed by atoms with Crippen LogP contribution in [-0.4, -0.2) is 29.5 Å². The molecule has 5 heteroatoms. The summed E-state index contributed by atoms with van der Waals surface area (Å²) in [5.41, 5.74) is 6.58. The molecule has 1 heterocycles. The summed E-state index contributed by atoms with van der Waals surface area (Å²) >= 11 is 0. The number of fused-ring (bicyclic) bond motifs is 1. The Balaban J connectivity index is 2.27. The molecule has 1 aromatic carbocycles. The highest BCUT2D eigenvalue weighted by molar-refractivity contribution is 5.78. The third-order valence-corrected chi connectivity index (χ3v) is 2.39. The second-order valence-corrected chi connectivity index (χ2v) is 3.75. The first-order chi connectivity index (χ1) is 7.70. The molecule has 0 aliphatic carbocycles. The number of benzene rings is 1. The molecule has 4 nitrogen and oxygen atoms in total. The van der Waals surface area contributed by atoms with Gasteiger partial charge < -0.3 is 10.5 Å². The number of methoxy groups -OCH3 is 1. The molecule has 86 valence electrons. The molecule has 0 saturated carbocycles. The van der Waals surface area contributed by atoms with Crippen molar-refractivity contribution in [1.82, 2.24) is 9.78 Å². The topological polar surface area (TPSA) is 53.1 Å². The van der Waals surface area contributed by atoms with Crippen molar-refractivity contribution in [3.05, 3.63) is 30.2 Å². The molecule has 0 spiro atoms. The van der Waals surface area contributed by atoms with Gasteiger partial charge in [0.25, 0.3) is 0 Å². The number of nitrogens with zero attached hydrogens (tertiary/aromatic N) is 2. The first-order valence-electron chi connectivity index (χ1n) is 5.06. The maximum absolute atomic E-state index is 13.1. The summed E-state index contributed by atoms with van der Waals surface area (Å²) in [7, 11) is 1.60. The molecular weight excluding hydrogens is 209 g/mol. The van der Waals surface area contributed by atoms with Crippen LogP contribution in [0.2, 0.25) is 0 Å². The van der Waals surface area contributed by atoms with E-state index in [0.29, 0.717) is 13.2 Å². The lowest BCUT2D eigenvalue weighted by molar-refractivity contribution is 0.172. The lowest BCUT2D eigenvalue weighted by Gasteiger charge is -2.11. The number of halogens is 1. The average Bonchev–Trinajstić information content (AvgIpc) is 2.61. The van der Waals surface area contributed by atoms with Gasteiger partial charge in [-0.2, -0.15) is 5.10 Å². The summed E-state index contributed by atoms with van der Waals surface area (Å²) in [6.07, 6.45) is 1.70. The van der Waals surface area contributed by atoms with Crippen molar-refractivity contribution in [3.8, 4) is 0 Å². The van der Waals surface area contributed by atoms with Crippen LogP contribution < -0.4 is 5.73 Å². The van der Waals surface area contributed by atoms with Crippen molar-refractivity contribution in [1.29, 1.82) is 0 Å². The molecule has 0 aliphatic rings. The SMILES string of the molecule is COCC(N)Cn1ncc2ccc(F)cc21. The normalized spacial score (nSPS) is 13.2. The summed E-state index contributed by atoms with van der Waals surface area (Å²) in [5.74, 6) is -0.269. The van der Waals surface area contributed by atoms with Gasteiger partial charge in [-0.25, -0.2) is 4.39 Å². The van der Waals surface area contributed by atoms with E-state index in [1.165, 1.54) is 12.1 Å². The van der Waals surface area contributed by atoms with Crippen LogP contribution in [0.15, 0.2) is 24.4 Å². The van der Waals surface area contributed by atoms with Crippen LogP contribution in [0.4, 0.5) is 4.39 Å². The van der Waals surface area contributed by atoms with Gasteiger partial charge in [-0.3, -0.25) is 4.68 Å². The summed E-state index contributed by atoms with van der Waals surface area (Å²) in [6, 6.07) is 4.44. The molecule has 2 aromatic rings. The Labute approximate surface area is 92.8 Å². The van der Waals surface area contributed by atoms with Gasteiger partial charge in [-0.1, -0.05) is 0 Å². The quantitative estimate of drug-likeness (QED) is 0.846. The Hall–Kier alpha value is -1.46. The monoisotopic (exact) mass is 223 g/mol. The van der Waals surface area contributed by atoms with Crippen molar-refractivity contribution >= 4 is 10.9 Å². The van der Waals surface area contributed by atoms with Crippen molar-refractivity contribution in [2.45, 2.75) is 12.6 Å². The minimum absolute atomic E-state index is 0.142. The van der Waals surface area contributed by atoms with E-state index in [9.17, 15) is 4.39 Å². The number of hydrogen-bond donors (Lipinski definition) is 1. The minimum Gasteiger partial charge on any atom is -0.383 e. The summed E-state index contributed by atoms with van der Waals surface area (Å²) < 4.78 is 19.7. The molecule has 0 radical (unpaired) electrons. The average molecular weight is 223 g/mol. The fraction of sp³-hybridized carbons (Fsp3) is 0.364. The number of aromatic nitrogens is 2. The fourth-order valence-corrected chi connectivity index (χ4v) is 1.68. The molecule has 2 N–H and O–H groups in total. The van der Waals surface area contributed by atoms with Crippen LogP contribution in [0.3, 0.4) is 0 Å². The van der Waals surface area contributed by atoms with E-state index in [2.05, 4.69) is 5.10 Å². The molecular formula is C11H14FN3O. The number of nitrogens with two attached hydrogens (primary N) is 1. The largest absolute Gasteiger partial charge is 0.383 e. The van der Waals surface area contributed by atoms with Crippen LogP contribution >= 0.6 is 0 Å². The highest BCUT2D eigenvalue weighted by Gasteiger charge is 2.08. The molecule has 16 heavy (non-hydrogen) atoms. The lowest BCUT2D eigenvalue weighted by Crippen LogP contribution is -2.31. The lowest BCUT2D eigenvalue weighted by atomic mass is 10.2. The van der Waals surface area contributed by atoms with Gasteiger partial charge >= 0.3 is 0 Å². The molecule has 0 fully saturated rings. The van der Waals surface area contributed by atoms with Crippen LogP contribution in [0.1, 0.15) is 0 Å². The maximum atomic E-state index is 13.1. The summed E-state index contributed by atoms with van der Waals surface area (Å²) in [6.45, 7) is 0.970. The number of ether oxygens (including phenoxy) is 1. The summed E-state index contributed by atoms with van der Waals surface area (Å²) in [4.78, 5) is 0. The van der Waals surface area contributed by atoms with E-state index in [-0.39, 0.29) is 11.9 Å². The van der Waals surface area contributed by atoms with Crippen LogP contribution in [0.5, 0.6) is 0 Å². The third-order valence-electron chi connectivity index (χ3n) is 2.39. The van der Waals surface area contributed by atoms with Gasteiger partial charge in [-0.15, -0.1) is 0 Å². The Morgan fingerprint density at radius 2 is 2.38 bits per heavy atom. The van der Waals surface area contributed by atoms with Crippen molar-refractivity contribution in [3.63, 3.8) is 0 Å². The maximum Gasteiger partial charge on any atom is 0.125 e. The zero-order valence-electron chi connectivity index (χ0n) is 9.06. The second kappa shape index (κ2) is 4.59. The molecule has 0 amide bonds. The predicted octanol–water partition coefficient (Wildman–Crippen LogP) is 1.15. The smallest absolute Gasteiger partial charge is 0.125 e. The van der Waals surface area contributed by atoms with E-state index < -0.39 is 0 Å². The minimum atomic E-state index is -0.269. The predicted molar refractivity (Wildman–Crippen MR) is 59.5 cm³/mol. The fourth-order valence-electron chi connectivity index (χ4n) is 1.68. The van der Waals surface area contributed by atoms with E-state index >= 15 is 0 Å². The van der Waals surface area contributed by atoms with Gasteiger partial charge in [0.2, 0.25) is 0 Å². The van der Waals surface area contributed by atoms with Crippen LogP contribution in [0.25, 0.3) is 10.9 Å². The van der Waals surface area contributed by atoms with Gasteiger partial charge in [0.15, 0.2) is 0 Å². The molecule has 1 aromatic heterocycles. The van der Waals surface area contributed by atoms with Gasteiger partial charge in [-0.05, 0) is 18.2 Å². The van der Waals surface area contributed by atoms with Gasteiger partial charge in [0.05, 0.1) is 24.9 Å². The second-order valence-electron chi connectivity index (χ2n) is 3.75. The highest BCUT2D eigenvalue weighted by atomic mass is 19.1. The van der Waals surface area contributed by atoms with Gasteiger partial charge in [0.1, 0.15) is 5.82 Å². The standard InChI is InChI=1S/C11H14FN3O/c1-16-7-10(13)6-15-11-4-9(12)3-2-8(11)5-14-15/h2-5,10H,6-7,13H2,1H3. The Morgan fingerprint density at radius 3 is 3.12 bits per heavy atom. The summed E-state index contributed by atoms with van der Waals surface area (Å²) in [5, 5.41) is 5.08. The molecule has 1 unspecified atom stereocenters. The Kier molecular flexibility index (Phi) is 3.17. The third kappa shape index (κ3) is 2.20. The zero-order valence-corrected chi connectivity index (χ0v) is 9.06. The van der Waals surface area contributed by atoms with Crippen LogP contribution in [-0.2, 0) is 11.3 Å². The first kappa shape index (κ1) is 11.0. The van der Waals surface area contributed by atoms with E-state index in [0.717, 1.165) is 10.9 Å². The first-order valence-corrected chi connectivity index (χ1v) is 5.06. The Morgan fingerprint density at radius 1 is 1.56 bits per heavy atom. The van der Waals surface area contributed by atoms with Crippen molar-refractivity contribution in [2.75, 3.05) is 13.7 Å². The highest BCUT2D eigenvalue weighted by Crippen LogP contribution is 2.15. The van der Waals surface area contributed by atoms with Gasteiger partial charge in [0, 0.05) is 18.5 Å². The Bertz CT molecular complexity index is 483. The molecule has 0 aliphatic heterocycles. The zero-order chi connectivity index (χ0) is 11.5. The number of hydrogen-bond acceptors (Lipinski definition) is 3. The van der Waals surface area contributed by atoms with E-state index in [1.54, 1.807) is 24.1 Å². The van der Waals surface area contributed by atoms with Crippen molar-refractivity contribution < 1.29 is 9.13 Å². The number of rotatable bonds is 4. The molecule has 2 rings (SSSR count). The van der Waals surface area contributed by atoms with Crippen molar-refractivity contribution in [2.24, 2.45) is 5.73 Å². The van der Waals surface area contributed by atoms with E-state index in [1.807, 2.05) is 0 Å². The van der Waals surface area contributed by atoms with E-state index in [4.69, 9.17) is 10.5 Å². The van der Waals surface area contributed by atoms with Crippen LogP contribution in [0, 0.1) is 5.82 Å².